The summed E-state index contributed by atoms with van der Waals surface area (Å²) >= 11 is 0. The number of nitrogens with zero attached hydrogens (tertiary/aromatic N) is 2. The average Bonchev–Trinajstić information content (AvgIpc) is 2.45. The third-order valence-corrected chi connectivity index (χ3v) is 6.76. The molecule has 4 nitrogen and oxygen atoms in total. The van der Waals surface area contributed by atoms with Crippen LogP contribution in [0.2, 0.25) is 0 Å². The first-order valence-electron chi connectivity index (χ1n) is 8.35. The Bertz CT molecular complexity index is 251. The van der Waals surface area contributed by atoms with Crippen LogP contribution in [0.25, 0.3) is 0 Å². The van der Waals surface area contributed by atoms with Crippen molar-refractivity contribution in [2.45, 2.75) is 66.7 Å². The molecule has 0 rings (SSSR count). The van der Waals surface area contributed by atoms with E-state index in [1.165, 1.54) is 25.7 Å². The van der Waals surface area contributed by atoms with Gasteiger partial charge in [-0.05, 0) is 6.42 Å². The molecule has 0 bridgehead atoms. The molecule has 0 aliphatic carbocycles. The molecule has 20 heavy (non-hydrogen) atoms. The van der Waals surface area contributed by atoms with Gasteiger partial charge in [-0.15, -0.1) is 0 Å². The second kappa shape index (κ2) is 11.7. The minimum Gasteiger partial charge on any atom is -0.306 e. The van der Waals surface area contributed by atoms with Crippen LogP contribution in [-0.4, -0.2) is 42.1 Å². The van der Waals surface area contributed by atoms with E-state index < -0.39 is 7.67 Å². The molecule has 0 saturated heterocycles. The highest BCUT2D eigenvalue weighted by atomic mass is 31.2. The largest absolute Gasteiger partial charge is 0.345 e. The predicted octanol–water partition coefficient (Wildman–Crippen LogP) is 4.77. The number of unbranched alkanes of at least 4 members (excludes halogenated alkanes) is 4. The van der Waals surface area contributed by atoms with Gasteiger partial charge < -0.3 is 4.52 Å². The molecule has 0 spiro atoms. The summed E-state index contributed by atoms with van der Waals surface area (Å²) in [4.78, 5) is 0. The minimum atomic E-state index is -2.83. The summed E-state index contributed by atoms with van der Waals surface area (Å²) in [6.07, 6.45) is 5.96. The normalized spacial score (nSPS) is 12.6. The second-order valence-corrected chi connectivity index (χ2v) is 7.39. The Kier molecular flexibility index (Phi) is 11.8. The maximum absolute atomic E-state index is 13.3. The van der Waals surface area contributed by atoms with Gasteiger partial charge in [0.25, 0.3) is 0 Å². The van der Waals surface area contributed by atoms with E-state index >= 15 is 0 Å². The van der Waals surface area contributed by atoms with Gasteiger partial charge in [-0.25, -0.2) is 9.34 Å². The van der Waals surface area contributed by atoms with Crippen molar-refractivity contribution in [2.75, 3.05) is 32.8 Å². The van der Waals surface area contributed by atoms with Crippen LogP contribution in [0.3, 0.4) is 0 Å². The zero-order valence-corrected chi connectivity index (χ0v) is 15.1. The summed E-state index contributed by atoms with van der Waals surface area (Å²) in [7, 11) is -2.83. The Morgan fingerprint density at radius 2 is 1.20 bits per heavy atom. The Hall–Kier alpha value is 0.110. The minimum absolute atomic E-state index is 0.605. The molecule has 0 atom stereocenters. The SMILES string of the molecule is CCCCCCCOP(=O)(N(CC)CC)N(CC)CC. The van der Waals surface area contributed by atoms with E-state index in [4.69, 9.17) is 4.52 Å². The van der Waals surface area contributed by atoms with E-state index in [-0.39, 0.29) is 0 Å². The number of rotatable bonds is 13. The molecule has 0 saturated carbocycles. The topological polar surface area (TPSA) is 32.8 Å². The zero-order chi connectivity index (χ0) is 15.4. The lowest BCUT2D eigenvalue weighted by Crippen LogP contribution is -2.33. The molecule has 122 valence electrons. The molecule has 0 amide bonds. The first-order chi connectivity index (χ1) is 9.60. The van der Waals surface area contributed by atoms with Crippen molar-refractivity contribution in [1.82, 2.24) is 9.34 Å². The number of hydrogen-bond acceptors (Lipinski definition) is 2. The fraction of sp³-hybridized carbons (Fsp3) is 1.00. The monoisotopic (exact) mass is 306 g/mol. The first-order valence-corrected chi connectivity index (χ1v) is 9.88. The summed E-state index contributed by atoms with van der Waals surface area (Å²) in [5, 5.41) is 0. The van der Waals surface area contributed by atoms with Gasteiger partial charge >= 0.3 is 7.67 Å². The molecule has 0 unspecified atom stereocenters. The fourth-order valence-electron chi connectivity index (χ4n) is 2.39. The van der Waals surface area contributed by atoms with Gasteiger partial charge in [0, 0.05) is 26.2 Å². The van der Waals surface area contributed by atoms with Gasteiger partial charge in [0.2, 0.25) is 0 Å². The Labute approximate surface area is 126 Å². The molecule has 0 aliphatic heterocycles. The van der Waals surface area contributed by atoms with Crippen molar-refractivity contribution in [1.29, 1.82) is 0 Å². The van der Waals surface area contributed by atoms with Crippen LogP contribution in [-0.2, 0) is 9.09 Å². The molecule has 0 fully saturated rings. The van der Waals surface area contributed by atoms with Gasteiger partial charge in [-0.3, -0.25) is 4.57 Å². The lowest BCUT2D eigenvalue weighted by molar-refractivity contribution is 0.210. The summed E-state index contributed by atoms with van der Waals surface area (Å²) in [5.74, 6) is 0. The Morgan fingerprint density at radius 3 is 1.60 bits per heavy atom. The highest BCUT2D eigenvalue weighted by molar-refractivity contribution is 7.53. The maximum atomic E-state index is 13.3. The van der Waals surface area contributed by atoms with Crippen molar-refractivity contribution in [3.05, 3.63) is 0 Å². The highest BCUT2D eigenvalue weighted by Gasteiger charge is 2.35. The molecule has 0 aromatic rings. The second-order valence-electron chi connectivity index (χ2n) is 5.02. The zero-order valence-electron chi connectivity index (χ0n) is 14.2. The van der Waals surface area contributed by atoms with Crippen LogP contribution < -0.4 is 0 Å². The van der Waals surface area contributed by atoms with Crippen molar-refractivity contribution in [3.63, 3.8) is 0 Å². The van der Waals surface area contributed by atoms with Crippen LogP contribution in [0.5, 0.6) is 0 Å². The quantitative estimate of drug-likeness (QED) is 0.362. The summed E-state index contributed by atoms with van der Waals surface area (Å²) in [6.45, 7) is 14.1. The summed E-state index contributed by atoms with van der Waals surface area (Å²) in [6, 6.07) is 0. The van der Waals surface area contributed by atoms with E-state index in [0.717, 1.165) is 32.6 Å². The summed E-state index contributed by atoms with van der Waals surface area (Å²) in [5.41, 5.74) is 0. The lowest BCUT2D eigenvalue weighted by atomic mass is 10.2. The van der Waals surface area contributed by atoms with Gasteiger partial charge in [0.15, 0.2) is 0 Å². The molecular weight excluding hydrogens is 271 g/mol. The van der Waals surface area contributed by atoms with E-state index in [9.17, 15) is 4.57 Å². The Morgan fingerprint density at radius 1 is 0.750 bits per heavy atom. The van der Waals surface area contributed by atoms with Crippen LogP contribution in [0, 0.1) is 0 Å². The summed E-state index contributed by atoms with van der Waals surface area (Å²) < 4.78 is 23.1. The van der Waals surface area contributed by atoms with E-state index in [1.54, 1.807) is 0 Å². The molecule has 0 aromatic heterocycles. The van der Waals surface area contributed by atoms with Crippen molar-refractivity contribution in [3.8, 4) is 0 Å². The molecule has 5 heteroatoms. The van der Waals surface area contributed by atoms with Crippen molar-refractivity contribution < 1.29 is 9.09 Å². The van der Waals surface area contributed by atoms with Gasteiger partial charge in [0.1, 0.15) is 0 Å². The van der Waals surface area contributed by atoms with Crippen LogP contribution in [0.1, 0.15) is 66.7 Å². The van der Waals surface area contributed by atoms with Gasteiger partial charge in [0.05, 0.1) is 6.61 Å². The predicted molar refractivity (Wildman–Crippen MR) is 88.2 cm³/mol. The lowest BCUT2D eigenvalue weighted by Gasteiger charge is -2.36. The average molecular weight is 306 g/mol. The van der Waals surface area contributed by atoms with Gasteiger partial charge in [-0.1, -0.05) is 60.3 Å². The van der Waals surface area contributed by atoms with Gasteiger partial charge in [-0.2, -0.15) is 0 Å². The van der Waals surface area contributed by atoms with Crippen LogP contribution in [0.4, 0.5) is 0 Å². The molecule has 0 aliphatic rings. The fourth-order valence-corrected chi connectivity index (χ4v) is 4.87. The van der Waals surface area contributed by atoms with E-state index in [0.29, 0.717) is 6.61 Å². The van der Waals surface area contributed by atoms with E-state index in [2.05, 4.69) is 6.92 Å². The number of hydrogen-bond donors (Lipinski definition) is 0. The van der Waals surface area contributed by atoms with Crippen LogP contribution >= 0.6 is 7.67 Å². The third-order valence-electron chi connectivity index (χ3n) is 3.68. The standard InChI is InChI=1S/C15H35N2O2P/c1-6-11-12-13-14-15-19-20(18,16(7-2)8-3)17(9-4)10-5/h6-15H2,1-5H3. The van der Waals surface area contributed by atoms with Crippen LogP contribution in [0.15, 0.2) is 0 Å². The highest BCUT2D eigenvalue weighted by Crippen LogP contribution is 2.53. The smallest absolute Gasteiger partial charge is 0.306 e. The molecule has 0 aromatic carbocycles. The first kappa shape index (κ1) is 20.1. The van der Waals surface area contributed by atoms with E-state index in [1.807, 2.05) is 37.0 Å². The van der Waals surface area contributed by atoms with Crippen molar-refractivity contribution >= 4 is 7.67 Å². The third kappa shape index (κ3) is 6.26. The van der Waals surface area contributed by atoms with Crippen molar-refractivity contribution in [2.24, 2.45) is 0 Å². The Balaban J connectivity index is 4.50. The molecule has 0 N–H and O–H groups in total. The molecule has 0 heterocycles. The molecule has 0 radical (unpaired) electrons. The maximum Gasteiger partial charge on any atom is 0.345 e. The molecular formula is C15H35N2O2P.